The first-order chi connectivity index (χ1) is 8.31. The molecule has 0 spiro atoms. The molecule has 1 unspecified atom stereocenters. The number of rotatable bonds is 3. The Balaban J connectivity index is 1.91. The second-order valence-corrected chi connectivity index (χ2v) is 4.99. The summed E-state index contributed by atoms with van der Waals surface area (Å²) in [5, 5.41) is 0. The average molecular weight is 230 g/mol. The number of hydrogen-bond donors (Lipinski definition) is 1. The number of carbonyl (C=O) groups excluding carboxylic acids is 1. The summed E-state index contributed by atoms with van der Waals surface area (Å²) < 4.78 is 0. The van der Waals surface area contributed by atoms with Crippen LogP contribution in [0.4, 0.5) is 0 Å². The molecule has 3 heteroatoms. The molecule has 2 N–H and O–H groups in total. The van der Waals surface area contributed by atoms with Gasteiger partial charge >= 0.3 is 0 Å². The van der Waals surface area contributed by atoms with Gasteiger partial charge in [-0.3, -0.25) is 4.79 Å². The molecule has 0 aliphatic heterocycles. The van der Waals surface area contributed by atoms with Crippen LogP contribution >= 0.6 is 0 Å². The van der Waals surface area contributed by atoms with Gasteiger partial charge in [-0.25, -0.2) is 0 Å². The van der Waals surface area contributed by atoms with Crippen molar-refractivity contribution in [3.8, 4) is 0 Å². The van der Waals surface area contributed by atoms with Gasteiger partial charge in [-0.1, -0.05) is 24.3 Å². The molecule has 3 nitrogen and oxygen atoms in total. The Morgan fingerprint density at radius 2 is 2.06 bits per heavy atom. The summed E-state index contributed by atoms with van der Waals surface area (Å²) in [5.41, 5.74) is 8.27. The maximum atomic E-state index is 12.0. The number of carbonyl (C=O) groups is 1. The summed E-state index contributed by atoms with van der Waals surface area (Å²) in [6, 6.07) is 9.19. The molecule has 0 bridgehead atoms. The van der Waals surface area contributed by atoms with Gasteiger partial charge in [0.25, 0.3) is 0 Å². The van der Waals surface area contributed by atoms with Crippen molar-refractivity contribution in [2.24, 2.45) is 5.73 Å². The summed E-state index contributed by atoms with van der Waals surface area (Å²) in [4.78, 5) is 14.0. The second kappa shape index (κ2) is 4.15. The molecule has 1 aromatic carbocycles. The number of nitrogens with zero attached hydrogens (tertiary/aromatic N) is 1. The van der Waals surface area contributed by atoms with Gasteiger partial charge in [0, 0.05) is 6.04 Å². The van der Waals surface area contributed by atoms with Gasteiger partial charge in [0.2, 0.25) is 5.91 Å². The summed E-state index contributed by atoms with van der Waals surface area (Å²) in [7, 11) is 0. The third kappa shape index (κ3) is 1.84. The van der Waals surface area contributed by atoms with Crippen molar-refractivity contribution in [1.29, 1.82) is 0 Å². The van der Waals surface area contributed by atoms with E-state index in [1.165, 1.54) is 11.1 Å². The molecule has 0 heterocycles. The van der Waals surface area contributed by atoms with Gasteiger partial charge in [-0.05, 0) is 36.8 Å². The lowest BCUT2D eigenvalue weighted by molar-refractivity contribution is -0.132. The topological polar surface area (TPSA) is 46.3 Å². The molecular formula is C14H18N2O. The van der Waals surface area contributed by atoms with Gasteiger partial charge in [-0.15, -0.1) is 0 Å². The highest BCUT2D eigenvalue weighted by molar-refractivity contribution is 5.79. The van der Waals surface area contributed by atoms with Gasteiger partial charge in [0.05, 0.1) is 12.6 Å². The van der Waals surface area contributed by atoms with Crippen LogP contribution in [0.1, 0.15) is 36.4 Å². The van der Waals surface area contributed by atoms with Crippen molar-refractivity contribution in [2.75, 3.05) is 6.54 Å². The SMILES string of the molecule is NCC(=O)N(C1CC1)C1CCc2ccccc21. The molecular weight excluding hydrogens is 212 g/mol. The van der Waals surface area contributed by atoms with Crippen LogP contribution in [0, 0.1) is 0 Å². The predicted octanol–water partition coefficient (Wildman–Crippen LogP) is 1.62. The van der Waals surface area contributed by atoms with E-state index < -0.39 is 0 Å². The number of benzene rings is 1. The first kappa shape index (κ1) is 10.8. The lowest BCUT2D eigenvalue weighted by atomic mass is 10.1. The highest BCUT2D eigenvalue weighted by Crippen LogP contribution is 2.41. The molecule has 1 saturated carbocycles. The van der Waals surface area contributed by atoms with E-state index in [-0.39, 0.29) is 18.5 Å². The number of hydrogen-bond acceptors (Lipinski definition) is 2. The maximum Gasteiger partial charge on any atom is 0.237 e. The Morgan fingerprint density at radius 1 is 1.29 bits per heavy atom. The molecule has 0 radical (unpaired) electrons. The van der Waals surface area contributed by atoms with E-state index in [9.17, 15) is 4.79 Å². The third-order valence-corrected chi connectivity index (χ3v) is 3.84. The summed E-state index contributed by atoms with van der Waals surface area (Å²) in [5.74, 6) is 0.106. The fourth-order valence-electron chi connectivity index (χ4n) is 2.91. The molecule has 0 aromatic heterocycles. The van der Waals surface area contributed by atoms with Crippen molar-refractivity contribution in [2.45, 2.75) is 37.8 Å². The molecule has 2 aliphatic carbocycles. The Hall–Kier alpha value is -1.35. The smallest absolute Gasteiger partial charge is 0.237 e. The Labute approximate surface area is 102 Å². The zero-order valence-corrected chi connectivity index (χ0v) is 9.93. The van der Waals surface area contributed by atoms with Crippen LogP contribution in [0.5, 0.6) is 0 Å². The normalized spacial score (nSPS) is 22.3. The maximum absolute atomic E-state index is 12.0. The monoisotopic (exact) mass is 230 g/mol. The van der Waals surface area contributed by atoms with Gasteiger partial charge < -0.3 is 10.6 Å². The molecule has 90 valence electrons. The van der Waals surface area contributed by atoms with Crippen LogP contribution in [-0.2, 0) is 11.2 Å². The minimum atomic E-state index is 0.106. The fraction of sp³-hybridized carbons (Fsp3) is 0.500. The Morgan fingerprint density at radius 3 is 2.76 bits per heavy atom. The standard InChI is InChI=1S/C14H18N2O/c15-9-14(17)16(11-6-7-11)13-8-5-10-3-1-2-4-12(10)13/h1-4,11,13H,5-9,15H2. The first-order valence-electron chi connectivity index (χ1n) is 6.40. The first-order valence-corrected chi connectivity index (χ1v) is 6.40. The van der Waals surface area contributed by atoms with E-state index in [2.05, 4.69) is 24.3 Å². The lowest BCUT2D eigenvalue weighted by Gasteiger charge is -2.29. The summed E-state index contributed by atoms with van der Waals surface area (Å²) >= 11 is 0. The van der Waals surface area contributed by atoms with Gasteiger partial charge in [-0.2, -0.15) is 0 Å². The van der Waals surface area contributed by atoms with Crippen molar-refractivity contribution >= 4 is 5.91 Å². The lowest BCUT2D eigenvalue weighted by Crippen LogP contribution is -2.39. The van der Waals surface area contributed by atoms with Crippen LogP contribution in [0.25, 0.3) is 0 Å². The minimum Gasteiger partial charge on any atom is -0.332 e. The average Bonchev–Trinajstić information content (AvgIpc) is 3.10. The van der Waals surface area contributed by atoms with E-state index in [4.69, 9.17) is 5.73 Å². The van der Waals surface area contributed by atoms with Gasteiger partial charge in [0.1, 0.15) is 0 Å². The minimum absolute atomic E-state index is 0.106. The summed E-state index contributed by atoms with van der Waals surface area (Å²) in [6.07, 6.45) is 4.43. The number of amides is 1. The Kier molecular flexibility index (Phi) is 2.63. The highest BCUT2D eigenvalue weighted by Gasteiger charge is 2.39. The predicted molar refractivity (Wildman–Crippen MR) is 66.4 cm³/mol. The molecule has 1 fully saturated rings. The molecule has 0 saturated heterocycles. The van der Waals surface area contributed by atoms with Crippen molar-refractivity contribution < 1.29 is 4.79 Å². The zero-order valence-electron chi connectivity index (χ0n) is 9.93. The van der Waals surface area contributed by atoms with E-state index in [0.29, 0.717) is 6.04 Å². The van der Waals surface area contributed by atoms with E-state index in [1.807, 2.05) is 4.90 Å². The van der Waals surface area contributed by atoms with Crippen LogP contribution < -0.4 is 5.73 Å². The Bertz CT molecular complexity index is 440. The second-order valence-electron chi connectivity index (χ2n) is 4.99. The van der Waals surface area contributed by atoms with Crippen molar-refractivity contribution in [3.05, 3.63) is 35.4 Å². The van der Waals surface area contributed by atoms with Crippen LogP contribution in [0.2, 0.25) is 0 Å². The van der Waals surface area contributed by atoms with Crippen LogP contribution in [-0.4, -0.2) is 23.4 Å². The molecule has 2 aliphatic rings. The largest absolute Gasteiger partial charge is 0.332 e. The quantitative estimate of drug-likeness (QED) is 0.857. The van der Waals surface area contributed by atoms with E-state index in [0.717, 1.165) is 25.7 Å². The van der Waals surface area contributed by atoms with Crippen LogP contribution in [0.15, 0.2) is 24.3 Å². The number of fused-ring (bicyclic) bond motifs is 1. The molecule has 17 heavy (non-hydrogen) atoms. The van der Waals surface area contributed by atoms with Crippen molar-refractivity contribution in [1.82, 2.24) is 4.90 Å². The number of aryl methyl sites for hydroxylation is 1. The van der Waals surface area contributed by atoms with Crippen molar-refractivity contribution in [3.63, 3.8) is 0 Å². The zero-order chi connectivity index (χ0) is 11.8. The van der Waals surface area contributed by atoms with E-state index >= 15 is 0 Å². The molecule has 1 aromatic rings. The molecule has 3 rings (SSSR count). The molecule has 1 atom stereocenters. The molecule has 1 amide bonds. The van der Waals surface area contributed by atoms with Crippen LogP contribution in [0.3, 0.4) is 0 Å². The fourth-order valence-corrected chi connectivity index (χ4v) is 2.91. The highest BCUT2D eigenvalue weighted by atomic mass is 16.2. The summed E-state index contributed by atoms with van der Waals surface area (Å²) in [6.45, 7) is 0.134. The number of nitrogens with two attached hydrogens (primary N) is 1. The third-order valence-electron chi connectivity index (χ3n) is 3.84. The van der Waals surface area contributed by atoms with E-state index in [1.54, 1.807) is 0 Å². The van der Waals surface area contributed by atoms with Gasteiger partial charge in [0.15, 0.2) is 0 Å².